The minimum Gasteiger partial charge on any atom is -0.308 e. The van der Waals surface area contributed by atoms with Crippen LogP contribution in [0.5, 0.6) is 0 Å². The highest BCUT2D eigenvalue weighted by atomic mass is 14.9. The molecule has 8 aromatic carbocycles. The van der Waals surface area contributed by atoms with E-state index in [2.05, 4.69) is 199 Å². The van der Waals surface area contributed by atoms with Crippen molar-refractivity contribution in [1.29, 1.82) is 0 Å². The largest absolute Gasteiger partial charge is 0.308 e. The molecule has 0 spiro atoms. The van der Waals surface area contributed by atoms with Crippen LogP contribution in [-0.2, 0) is 10.8 Å². The highest BCUT2D eigenvalue weighted by Gasteiger charge is 2.24. The Labute approximate surface area is 324 Å². The van der Waals surface area contributed by atoms with Crippen LogP contribution in [0.2, 0.25) is 0 Å². The first-order valence-corrected chi connectivity index (χ1v) is 19.8. The Bertz CT molecular complexity index is 3140. The molecule has 0 saturated heterocycles. The van der Waals surface area contributed by atoms with Gasteiger partial charge in [-0.15, -0.1) is 0 Å². The predicted octanol–water partition coefficient (Wildman–Crippen LogP) is 15.4. The molecule has 0 unspecified atom stereocenters. The molecule has 55 heavy (non-hydrogen) atoms. The first-order valence-electron chi connectivity index (χ1n) is 19.8. The molecule has 2 aromatic heterocycles. The fourth-order valence-corrected chi connectivity index (χ4v) is 9.12. The first-order chi connectivity index (χ1) is 26.3. The summed E-state index contributed by atoms with van der Waals surface area (Å²) in [5, 5.41) is 10.3. The van der Waals surface area contributed by atoms with E-state index in [0.717, 1.165) is 0 Å². The number of nitrogens with zero attached hydrogens (tertiary/aromatic N) is 1. The van der Waals surface area contributed by atoms with E-state index in [1.807, 2.05) is 0 Å². The lowest BCUT2D eigenvalue weighted by Gasteiger charge is -2.19. The minimum atomic E-state index is 0.130. The molecule has 0 amide bonds. The highest BCUT2D eigenvalue weighted by Crippen LogP contribution is 2.47. The molecule has 1 nitrogen and oxygen atoms in total. The molecule has 0 N–H and O–H groups in total. The lowest BCUT2D eigenvalue weighted by molar-refractivity contribution is 0.590. The average Bonchev–Trinajstić information content (AvgIpc) is 3.65. The zero-order valence-corrected chi connectivity index (χ0v) is 33.2. The molecule has 0 bridgehead atoms. The van der Waals surface area contributed by atoms with Crippen molar-refractivity contribution < 1.29 is 0 Å². The summed E-state index contributed by atoms with van der Waals surface area (Å²) in [6, 6.07) is 53.3. The zero-order chi connectivity index (χ0) is 38.0. The Morgan fingerprint density at radius 3 is 1.42 bits per heavy atom. The fourth-order valence-electron chi connectivity index (χ4n) is 9.12. The van der Waals surface area contributed by atoms with Gasteiger partial charge in [0, 0.05) is 21.5 Å². The number of hydrogen-bond donors (Lipinski definition) is 0. The molecule has 0 saturated carbocycles. The van der Waals surface area contributed by atoms with Gasteiger partial charge in [-0.2, -0.15) is 0 Å². The van der Waals surface area contributed by atoms with E-state index in [1.54, 1.807) is 0 Å². The monoisotopic (exact) mass is 709 g/mol. The van der Waals surface area contributed by atoms with Crippen molar-refractivity contribution in [3.63, 3.8) is 0 Å². The van der Waals surface area contributed by atoms with Crippen LogP contribution in [0.4, 0.5) is 0 Å². The van der Waals surface area contributed by atoms with Crippen LogP contribution < -0.4 is 0 Å². The van der Waals surface area contributed by atoms with Crippen molar-refractivity contribution in [2.24, 2.45) is 0 Å². The van der Waals surface area contributed by atoms with E-state index in [-0.39, 0.29) is 10.8 Å². The van der Waals surface area contributed by atoms with Crippen LogP contribution in [0.1, 0.15) is 63.8 Å². The molecular formula is C54H47N. The maximum atomic E-state index is 2.56. The molecule has 2 heterocycles. The second-order valence-corrected chi connectivity index (χ2v) is 18.0. The topological polar surface area (TPSA) is 4.41 Å². The number of benzene rings is 8. The molecule has 0 aliphatic rings. The predicted molar refractivity (Wildman–Crippen MR) is 239 cm³/mol. The van der Waals surface area contributed by atoms with Crippen LogP contribution in [0, 0.1) is 13.8 Å². The Hall–Kier alpha value is -5.92. The lowest BCUT2D eigenvalue weighted by atomic mass is 9.86. The molecule has 10 rings (SSSR count). The van der Waals surface area contributed by atoms with Crippen molar-refractivity contribution in [3.8, 4) is 33.4 Å². The van der Waals surface area contributed by atoms with Gasteiger partial charge in [-0.1, -0.05) is 139 Å². The van der Waals surface area contributed by atoms with Gasteiger partial charge in [0.2, 0.25) is 0 Å². The number of aryl methyl sites for hydroxylation is 2. The van der Waals surface area contributed by atoms with Gasteiger partial charge in [-0.05, 0) is 144 Å². The third-order valence-electron chi connectivity index (χ3n) is 12.3. The standard InChI is InChI=1S/C54H47N/c1-32-11-9-10-12-44(32)50-33(2)25-46-45-28-40-26-36(34-17-21-42(22-18-34)53(3,4)5)13-15-38(40)30-48(45)55-49-31-39-16-14-37(27-41(39)29-47(49)51(50)52(46)55)35-19-23-43(24-20-35)54(6,7)8/h9-31H,1-8H3. The minimum absolute atomic E-state index is 0.130. The van der Waals surface area contributed by atoms with Gasteiger partial charge in [-0.25, -0.2) is 0 Å². The molecule has 268 valence electrons. The molecule has 1 heteroatoms. The van der Waals surface area contributed by atoms with Gasteiger partial charge in [0.15, 0.2) is 0 Å². The van der Waals surface area contributed by atoms with E-state index >= 15 is 0 Å². The SMILES string of the molecule is Cc1ccccc1-c1c(C)cc2c3cc4cc(-c5ccc(C(C)(C)C)cc5)ccc4cc3n3c4cc5ccc(-c6ccc(C(C)(C)C)cc6)cc5cc4c1c23. The van der Waals surface area contributed by atoms with Crippen LogP contribution in [0.15, 0.2) is 140 Å². The number of rotatable bonds is 3. The summed E-state index contributed by atoms with van der Waals surface area (Å²) in [6.45, 7) is 18.2. The Morgan fingerprint density at radius 2 is 0.891 bits per heavy atom. The van der Waals surface area contributed by atoms with Gasteiger partial charge >= 0.3 is 0 Å². The summed E-state index contributed by atoms with van der Waals surface area (Å²) in [5.74, 6) is 0. The summed E-state index contributed by atoms with van der Waals surface area (Å²) in [5.41, 5.74) is 17.1. The molecule has 0 aliphatic heterocycles. The Kier molecular flexibility index (Phi) is 7.21. The second kappa shape index (κ2) is 11.8. The van der Waals surface area contributed by atoms with Crippen molar-refractivity contribution in [3.05, 3.63) is 162 Å². The van der Waals surface area contributed by atoms with Crippen LogP contribution in [0.3, 0.4) is 0 Å². The summed E-state index contributed by atoms with van der Waals surface area (Å²) >= 11 is 0. The smallest absolute Gasteiger partial charge is 0.0626 e. The van der Waals surface area contributed by atoms with Gasteiger partial charge < -0.3 is 4.40 Å². The van der Waals surface area contributed by atoms with Gasteiger partial charge in [-0.3, -0.25) is 0 Å². The third-order valence-corrected chi connectivity index (χ3v) is 12.3. The van der Waals surface area contributed by atoms with Crippen LogP contribution >= 0.6 is 0 Å². The highest BCUT2D eigenvalue weighted by molar-refractivity contribution is 6.29. The van der Waals surface area contributed by atoms with E-state index in [4.69, 9.17) is 0 Å². The summed E-state index contributed by atoms with van der Waals surface area (Å²) in [4.78, 5) is 0. The molecule has 0 fully saturated rings. The number of aromatic nitrogens is 1. The summed E-state index contributed by atoms with van der Waals surface area (Å²) in [6.07, 6.45) is 0. The third kappa shape index (κ3) is 5.28. The Balaban J connectivity index is 1.23. The van der Waals surface area contributed by atoms with Crippen molar-refractivity contribution >= 4 is 59.6 Å². The van der Waals surface area contributed by atoms with E-state index in [9.17, 15) is 0 Å². The zero-order valence-electron chi connectivity index (χ0n) is 33.2. The summed E-state index contributed by atoms with van der Waals surface area (Å²) < 4.78 is 2.56. The Morgan fingerprint density at radius 1 is 0.400 bits per heavy atom. The maximum Gasteiger partial charge on any atom is 0.0626 e. The summed E-state index contributed by atoms with van der Waals surface area (Å²) in [7, 11) is 0. The van der Waals surface area contributed by atoms with Crippen molar-refractivity contribution in [2.75, 3.05) is 0 Å². The quantitative estimate of drug-likeness (QED) is 0.172. The van der Waals surface area contributed by atoms with E-state index in [1.165, 1.54) is 115 Å². The molecule has 0 atom stereocenters. The fraction of sp³-hybridized carbons (Fsp3) is 0.185. The number of hydrogen-bond acceptors (Lipinski definition) is 0. The molecular weight excluding hydrogens is 663 g/mol. The van der Waals surface area contributed by atoms with Gasteiger partial charge in [0.05, 0.1) is 16.6 Å². The van der Waals surface area contributed by atoms with E-state index in [0.29, 0.717) is 0 Å². The van der Waals surface area contributed by atoms with Gasteiger partial charge in [0.1, 0.15) is 0 Å². The molecule has 0 aliphatic carbocycles. The van der Waals surface area contributed by atoms with E-state index < -0.39 is 0 Å². The van der Waals surface area contributed by atoms with Crippen molar-refractivity contribution in [2.45, 2.75) is 66.2 Å². The molecule has 10 aromatic rings. The number of fused-ring (bicyclic) bond motifs is 8. The van der Waals surface area contributed by atoms with Crippen LogP contribution in [-0.4, -0.2) is 4.40 Å². The van der Waals surface area contributed by atoms with Gasteiger partial charge in [0.25, 0.3) is 0 Å². The average molecular weight is 710 g/mol. The maximum absolute atomic E-state index is 2.56. The second-order valence-electron chi connectivity index (χ2n) is 18.0. The normalized spacial score (nSPS) is 12.7. The van der Waals surface area contributed by atoms with Crippen molar-refractivity contribution in [1.82, 2.24) is 4.40 Å². The first kappa shape index (κ1) is 33.6. The molecule has 0 radical (unpaired) electrons. The van der Waals surface area contributed by atoms with Crippen LogP contribution in [0.25, 0.3) is 93.0 Å². The lowest BCUT2D eigenvalue weighted by Crippen LogP contribution is -2.10.